The first-order valence-corrected chi connectivity index (χ1v) is 25.9. The van der Waals surface area contributed by atoms with Crippen molar-refractivity contribution in [2.75, 3.05) is 11.1 Å². The Balaban J connectivity index is 0.000000328. The van der Waals surface area contributed by atoms with Gasteiger partial charge in [-0.05, 0) is 151 Å². The number of aliphatic imine (C=N–C) groups is 3. The SMILES string of the molecule is C.C=C1N=C(N)C(C)=CN1C(C)(C)C.C=C1N=C(N)C=CN1C(C)(C)C.C=C1NC(=O)C(C)=CN1C(C)(C)C.C=C1NC(=O)C=CN1C(C)(C)C.CC(C)(C)n1cnc2c(N)ncnc21.CC1=NC(N)c2ncn(C(C)(C)C)c2N1. The number of nitrogens with one attached hydrogen (secondary N) is 3. The van der Waals surface area contributed by atoms with Crippen LogP contribution in [0.3, 0.4) is 0 Å². The largest absolute Gasteiger partial charge is 0.384 e. The third kappa shape index (κ3) is 18.6. The van der Waals surface area contributed by atoms with Crippen molar-refractivity contribution in [1.82, 2.24) is 59.3 Å². The molecule has 0 radical (unpaired) electrons. The molecular weight excluding hydrogens is 1010 g/mol. The summed E-state index contributed by atoms with van der Waals surface area (Å²) in [6.07, 6.45) is 15.4. The summed E-state index contributed by atoms with van der Waals surface area (Å²) < 4.78 is 4.07. The molecule has 0 spiro atoms. The number of amides is 2. The van der Waals surface area contributed by atoms with Crippen molar-refractivity contribution in [3.63, 3.8) is 0 Å². The van der Waals surface area contributed by atoms with Crippen LogP contribution < -0.4 is 38.9 Å². The van der Waals surface area contributed by atoms with Gasteiger partial charge in [0.1, 0.15) is 70.3 Å². The van der Waals surface area contributed by atoms with E-state index in [1.807, 2.05) is 62.9 Å². The summed E-state index contributed by atoms with van der Waals surface area (Å²) in [5.41, 5.74) is 26.6. The van der Waals surface area contributed by atoms with Crippen LogP contribution in [0.2, 0.25) is 0 Å². The molecule has 0 bridgehead atoms. The number of aromatic nitrogens is 6. The second-order valence-electron chi connectivity index (χ2n) is 25.1. The Morgan fingerprint density at radius 1 is 0.550 bits per heavy atom. The number of hydrogen-bond acceptors (Lipinski definition) is 18. The molecule has 11 N–H and O–H groups in total. The zero-order valence-corrected chi connectivity index (χ0v) is 51.0. The minimum atomic E-state index is -0.343. The predicted molar refractivity (Wildman–Crippen MR) is 331 cm³/mol. The van der Waals surface area contributed by atoms with Gasteiger partial charge in [0.25, 0.3) is 11.8 Å². The number of nitrogen functional groups attached to an aromatic ring is 1. The van der Waals surface area contributed by atoms with Crippen molar-refractivity contribution in [2.45, 2.75) is 192 Å². The smallest absolute Gasteiger partial charge is 0.253 e. The summed E-state index contributed by atoms with van der Waals surface area (Å²) in [6.45, 7) is 58.5. The number of amidine groups is 3. The first kappa shape index (κ1) is 68.1. The Morgan fingerprint density at radius 2 is 1.04 bits per heavy atom. The van der Waals surface area contributed by atoms with E-state index in [2.05, 4.69) is 206 Å². The molecule has 8 heterocycles. The van der Waals surface area contributed by atoms with Gasteiger partial charge in [-0.25, -0.2) is 34.9 Å². The standard InChI is InChI=1S/C10H17N5.C10H17N3.C10H16N2O.C9H13N5.C9H15N3.C9H14N2O.CH4/c1-6-13-8(11)7-9(14-6)15(5-12-7)10(2,3)4;1-7-6-13(10(3,4)5)8(2)12-9(7)11;1-7-6-12(10(3,4)5)8(2)11-9(7)13;1-9(2,3)14-5-13-6-7(10)11-4-12-8(6)14;1-7-11-8(10)5-6-12(7)9(2,3)4;1-7-10-8(12)5-6-11(7)9(2,3)4;/h5,8H,11H2,1-4H3,(H,13,14);6H,2H2,1,3-5H3,(H2,11,12);6H,2H2,1,3-5H3,(H,11,13);4-5H,1-3H3,(H2,10,11,12);5-6H,1H2,2-4H3,(H2,10,11);5-6H,1H2,2-4H3,(H,10,12);1H4. The average Bonchev–Trinajstić information content (AvgIpc) is 3.93. The molecule has 22 heteroatoms. The van der Waals surface area contributed by atoms with E-state index in [1.165, 1.54) is 12.4 Å². The molecule has 0 aliphatic carbocycles. The quantitative estimate of drug-likeness (QED) is 0.110. The van der Waals surface area contributed by atoms with Gasteiger partial charge >= 0.3 is 0 Å². The highest BCUT2D eigenvalue weighted by atomic mass is 16.2. The average molecular weight is 1110 g/mol. The fourth-order valence-electron chi connectivity index (χ4n) is 7.64. The van der Waals surface area contributed by atoms with E-state index in [-0.39, 0.29) is 58.6 Å². The van der Waals surface area contributed by atoms with E-state index >= 15 is 0 Å². The number of nitrogens with two attached hydrogens (primary N) is 4. The maximum Gasteiger partial charge on any atom is 0.253 e. The normalized spacial score (nSPS) is 17.4. The number of imidazole rings is 2. The molecule has 8 rings (SSSR count). The lowest BCUT2D eigenvalue weighted by atomic mass is 10.1. The topological polar surface area (TPSA) is 286 Å². The van der Waals surface area contributed by atoms with Crippen LogP contribution in [-0.4, -0.2) is 100 Å². The summed E-state index contributed by atoms with van der Waals surface area (Å²) in [7, 11) is 0. The second kappa shape index (κ2) is 25.8. The van der Waals surface area contributed by atoms with Crippen LogP contribution in [0.5, 0.6) is 0 Å². The highest BCUT2D eigenvalue weighted by Crippen LogP contribution is 2.31. The maximum atomic E-state index is 11.2. The molecule has 0 fully saturated rings. The van der Waals surface area contributed by atoms with E-state index in [1.54, 1.807) is 25.5 Å². The lowest BCUT2D eigenvalue weighted by molar-refractivity contribution is -0.118. The molecule has 3 aromatic heterocycles. The third-order valence-electron chi connectivity index (χ3n) is 11.8. The summed E-state index contributed by atoms with van der Waals surface area (Å²) in [6, 6.07) is 0. The molecule has 2 amide bonds. The van der Waals surface area contributed by atoms with E-state index in [9.17, 15) is 9.59 Å². The van der Waals surface area contributed by atoms with Gasteiger partial charge in [0.15, 0.2) is 11.5 Å². The Kier molecular flexibility index (Phi) is 22.0. The third-order valence-corrected chi connectivity index (χ3v) is 11.8. The number of carbonyl (C=O) groups is 2. The Hall–Kier alpha value is -8.01. The van der Waals surface area contributed by atoms with E-state index in [0.29, 0.717) is 51.9 Å². The Bertz CT molecular complexity index is 2980. The minimum absolute atomic E-state index is 0. The molecule has 5 aliphatic heterocycles. The van der Waals surface area contributed by atoms with Crippen molar-refractivity contribution in [2.24, 2.45) is 32.2 Å². The van der Waals surface area contributed by atoms with Crippen LogP contribution in [0.1, 0.15) is 165 Å². The van der Waals surface area contributed by atoms with Gasteiger partial charge in [-0.1, -0.05) is 33.7 Å². The number of nitrogens with zero attached hydrogens (tertiary/aromatic N) is 13. The van der Waals surface area contributed by atoms with Crippen LogP contribution in [0.15, 0.2) is 132 Å². The van der Waals surface area contributed by atoms with Gasteiger partial charge in [-0.15, -0.1) is 0 Å². The van der Waals surface area contributed by atoms with Gasteiger partial charge in [-0.3, -0.25) is 9.59 Å². The molecule has 5 aliphatic rings. The summed E-state index contributed by atoms with van der Waals surface area (Å²) in [5.74, 6) is 5.80. The van der Waals surface area contributed by atoms with Crippen LogP contribution >= 0.6 is 0 Å². The Morgan fingerprint density at radius 3 is 1.54 bits per heavy atom. The van der Waals surface area contributed by atoms with Gasteiger partial charge in [0, 0.05) is 75.3 Å². The van der Waals surface area contributed by atoms with E-state index in [4.69, 9.17) is 22.9 Å². The summed E-state index contributed by atoms with van der Waals surface area (Å²) in [5, 5.41) is 8.57. The molecule has 440 valence electrons. The number of hydrogen-bond donors (Lipinski definition) is 7. The lowest BCUT2D eigenvalue weighted by Crippen LogP contribution is -2.46. The lowest BCUT2D eigenvalue weighted by Gasteiger charge is -2.38. The van der Waals surface area contributed by atoms with Gasteiger partial charge in [0.2, 0.25) is 0 Å². The van der Waals surface area contributed by atoms with Gasteiger partial charge in [-0.2, -0.15) is 0 Å². The van der Waals surface area contributed by atoms with Crippen molar-refractivity contribution in [3.05, 3.63) is 122 Å². The highest BCUT2D eigenvalue weighted by molar-refractivity contribution is 5.98. The highest BCUT2D eigenvalue weighted by Gasteiger charge is 2.29. The molecule has 22 nitrogen and oxygen atoms in total. The van der Waals surface area contributed by atoms with Gasteiger partial charge in [0.05, 0.1) is 12.7 Å². The number of fused-ring (bicyclic) bond motifs is 2. The molecule has 3 aromatic rings. The van der Waals surface area contributed by atoms with E-state index < -0.39 is 0 Å². The van der Waals surface area contributed by atoms with Crippen molar-refractivity contribution in [1.29, 1.82) is 0 Å². The van der Waals surface area contributed by atoms with Crippen LogP contribution in [0.25, 0.3) is 11.2 Å². The van der Waals surface area contributed by atoms with Crippen LogP contribution in [0.4, 0.5) is 11.6 Å². The molecule has 0 saturated carbocycles. The minimum Gasteiger partial charge on any atom is -0.384 e. The van der Waals surface area contributed by atoms with Crippen LogP contribution in [-0.2, 0) is 20.7 Å². The van der Waals surface area contributed by atoms with Crippen molar-refractivity contribution in [3.8, 4) is 0 Å². The zero-order chi connectivity index (χ0) is 60.7. The number of anilines is 2. The molecular formula is C58H96N20O2. The predicted octanol–water partition coefficient (Wildman–Crippen LogP) is 9.31. The fraction of sp³-hybridized carbons (Fsp3) is 0.500. The molecule has 1 unspecified atom stereocenters. The number of carbonyl (C=O) groups excluding carboxylic acids is 2. The molecule has 1 atom stereocenters. The van der Waals surface area contributed by atoms with Crippen LogP contribution in [0, 0.1) is 0 Å². The summed E-state index contributed by atoms with van der Waals surface area (Å²) in [4.78, 5) is 59.0. The molecule has 0 saturated heterocycles. The van der Waals surface area contributed by atoms with Crippen molar-refractivity contribution < 1.29 is 9.59 Å². The first-order chi connectivity index (χ1) is 35.9. The fourth-order valence-corrected chi connectivity index (χ4v) is 7.64. The number of rotatable bonds is 0. The maximum absolute atomic E-state index is 11.2. The monoisotopic (exact) mass is 1100 g/mol. The summed E-state index contributed by atoms with van der Waals surface area (Å²) >= 11 is 0. The molecule has 0 aromatic carbocycles. The second-order valence-corrected chi connectivity index (χ2v) is 25.1. The first-order valence-electron chi connectivity index (χ1n) is 25.9. The zero-order valence-electron chi connectivity index (χ0n) is 51.0. The van der Waals surface area contributed by atoms with Gasteiger partial charge < -0.3 is 67.6 Å². The Labute approximate surface area is 477 Å². The van der Waals surface area contributed by atoms with E-state index in [0.717, 1.165) is 28.6 Å². The van der Waals surface area contributed by atoms with Crippen molar-refractivity contribution >= 4 is 52.1 Å². The molecule has 80 heavy (non-hydrogen) atoms.